The van der Waals surface area contributed by atoms with Gasteiger partial charge in [-0.05, 0) is 56.8 Å². The summed E-state index contributed by atoms with van der Waals surface area (Å²) in [6.45, 7) is 7.46. The van der Waals surface area contributed by atoms with Crippen molar-refractivity contribution in [1.29, 1.82) is 0 Å². The molecular weight excluding hydrogens is 436 g/mol. The molecule has 4 heterocycles. The maximum atomic E-state index is 10.3. The number of hydrogen-bond donors (Lipinski definition) is 1. The van der Waals surface area contributed by atoms with Gasteiger partial charge in [0.15, 0.2) is 18.4 Å². The summed E-state index contributed by atoms with van der Waals surface area (Å²) < 4.78 is 37.3. The molecule has 190 valence electrons. The molecule has 2 bridgehead atoms. The van der Waals surface area contributed by atoms with Crippen LogP contribution in [0.25, 0.3) is 0 Å². The highest BCUT2D eigenvalue weighted by Gasteiger charge is 2.79. The van der Waals surface area contributed by atoms with Crippen LogP contribution in [0.2, 0.25) is 0 Å². The Morgan fingerprint density at radius 3 is 2.76 bits per heavy atom. The first-order valence-electron chi connectivity index (χ1n) is 13.5. The van der Waals surface area contributed by atoms with Gasteiger partial charge in [-0.15, -0.1) is 0 Å². The second-order valence-electron chi connectivity index (χ2n) is 12.5. The van der Waals surface area contributed by atoms with E-state index in [1.807, 2.05) is 6.92 Å². The van der Waals surface area contributed by atoms with Crippen molar-refractivity contribution in [1.82, 2.24) is 0 Å². The Kier molecular flexibility index (Phi) is 4.99. The molecule has 0 aromatic rings. The van der Waals surface area contributed by atoms with Crippen LogP contribution in [-0.2, 0) is 28.4 Å². The van der Waals surface area contributed by atoms with E-state index in [2.05, 4.69) is 19.9 Å². The third kappa shape index (κ3) is 2.78. The molecule has 4 saturated heterocycles. The number of methoxy groups -OCH3 is 1. The number of aliphatic hydroxyl groups excluding tert-OH is 1. The monoisotopic (exact) mass is 476 g/mol. The van der Waals surface area contributed by atoms with Gasteiger partial charge in [-0.2, -0.15) is 0 Å². The van der Waals surface area contributed by atoms with Crippen molar-refractivity contribution in [3.05, 3.63) is 11.6 Å². The average Bonchev–Trinajstić information content (AvgIpc) is 3.35. The van der Waals surface area contributed by atoms with Crippen LogP contribution in [0.4, 0.5) is 0 Å². The number of hydrogen-bond acceptors (Lipinski definition) is 7. The standard InChI is InChI=1S/C27H40O7/c1-14-23(28)19(29-4)12-21(31-14)32-16-7-9-25(2)15(11-16)5-6-18-17(25)8-10-26(3)22-20-13-30-24(22)34-27(18,26)33-20/h5,14,16-24,28H,6-13H2,1-4H3. The fraction of sp³-hybridized carbons (Fsp3) is 0.926. The minimum Gasteiger partial charge on any atom is -0.388 e. The molecule has 1 N–H and O–H groups in total. The molecule has 34 heavy (non-hydrogen) atoms. The Morgan fingerprint density at radius 2 is 1.97 bits per heavy atom. The Hall–Kier alpha value is -0.540. The number of rotatable bonds is 3. The minimum atomic E-state index is -0.607. The first-order chi connectivity index (χ1) is 16.3. The largest absolute Gasteiger partial charge is 0.388 e. The van der Waals surface area contributed by atoms with Gasteiger partial charge in [0.1, 0.15) is 6.10 Å². The van der Waals surface area contributed by atoms with E-state index in [-0.39, 0.29) is 47.8 Å². The fourth-order valence-corrected chi connectivity index (χ4v) is 9.24. The highest BCUT2D eigenvalue weighted by Crippen LogP contribution is 2.73. The summed E-state index contributed by atoms with van der Waals surface area (Å²) in [6.07, 6.45) is 8.38. The third-order valence-corrected chi connectivity index (χ3v) is 11.1. The van der Waals surface area contributed by atoms with Crippen LogP contribution in [0.1, 0.15) is 65.7 Å². The lowest BCUT2D eigenvalue weighted by Gasteiger charge is -2.59. The summed E-state index contributed by atoms with van der Waals surface area (Å²) in [4.78, 5) is 0. The third-order valence-electron chi connectivity index (χ3n) is 11.1. The van der Waals surface area contributed by atoms with Gasteiger partial charge in [-0.1, -0.05) is 25.5 Å². The first-order valence-corrected chi connectivity index (χ1v) is 13.5. The lowest BCUT2D eigenvalue weighted by molar-refractivity contribution is -0.331. The Labute approximate surface area is 202 Å². The van der Waals surface area contributed by atoms with Crippen LogP contribution < -0.4 is 0 Å². The topological polar surface area (TPSA) is 75.6 Å². The smallest absolute Gasteiger partial charge is 0.181 e. The van der Waals surface area contributed by atoms with Gasteiger partial charge < -0.3 is 33.5 Å². The number of fused-ring (bicyclic) bond motifs is 3. The van der Waals surface area contributed by atoms with Crippen molar-refractivity contribution < 1.29 is 33.5 Å². The van der Waals surface area contributed by atoms with Gasteiger partial charge in [-0.3, -0.25) is 0 Å². The highest BCUT2D eigenvalue weighted by molar-refractivity contribution is 5.28. The van der Waals surface area contributed by atoms with Crippen LogP contribution >= 0.6 is 0 Å². The van der Waals surface area contributed by atoms with E-state index in [0.717, 1.165) is 32.1 Å². The maximum Gasteiger partial charge on any atom is 0.181 e. The van der Waals surface area contributed by atoms with Gasteiger partial charge in [0.05, 0.1) is 31.0 Å². The predicted molar refractivity (Wildman–Crippen MR) is 122 cm³/mol. The Balaban J connectivity index is 1.10. The molecule has 6 fully saturated rings. The van der Waals surface area contributed by atoms with Gasteiger partial charge in [0.25, 0.3) is 0 Å². The molecule has 4 aliphatic heterocycles. The molecule has 0 spiro atoms. The molecule has 7 rings (SSSR count). The minimum absolute atomic E-state index is 0.0689. The second kappa shape index (κ2) is 7.50. The Morgan fingerprint density at radius 1 is 1.12 bits per heavy atom. The van der Waals surface area contributed by atoms with Crippen molar-refractivity contribution in [2.24, 2.45) is 28.6 Å². The van der Waals surface area contributed by atoms with Gasteiger partial charge in [0.2, 0.25) is 0 Å². The van der Waals surface area contributed by atoms with E-state index in [4.69, 9.17) is 28.4 Å². The SMILES string of the molecule is COC1CC(OC2CCC3(C)C(=CCC4C3CCC3(C)C5C6COC5OC43O6)C2)OC(C)C1O. The highest BCUT2D eigenvalue weighted by atomic mass is 16.8. The van der Waals surface area contributed by atoms with Crippen molar-refractivity contribution in [2.75, 3.05) is 13.7 Å². The van der Waals surface area contributed by atoms with Crippen molar-refractivity contribution in [2.45, 2.75) is 115 Å². The summed E-state index contributed by atoms with van der Waals surface area (Å²) in [5.74, 6) is 0.871. The van der Waals surface area contributed by atoms with Crippen LogP contribution in [-0.4, -0.2) is 67.7 Å². The normalized spacial score (nSPS) is 59.9. The lowest BCUT2D eigenvalue weighted by Crippen LogP contribution is -2.59. The van der Waals surface area contributed by atoms with Crippen LogP contribution in [0.15, 0.2) is 11.6 Å². The van der Waals surface area contributed by atoms with Crippen LogP contribution in [0.3, 0.4) is 0 Å². The molecule has 0 amide bonds. The molecular formula is C27H40O7. The summed E-state index contributed by atoms with van der Waals surface area (Å²) in [6, 6.07) is 0. The quantitative estimate of drug-likeness (QED) is 0.625. The molecule has 7 aliphatic rings. The van der Waals surface area contributed by atoms with E-state index in [9.17, 15) is 5.11 Å². The molecule has 13 unspecified atom stereocenters. The molecule has 0 radical (unpaired) electrons. The van der Waals surface area contributed by atoms with E-state index >= 15 is 0 Å². The maximum absolute atomic E-state index is 10.3. The predicted octanol–water partition coefficient (Wildman–Crippen LogP) is 3.53. The first kappa shape index (κ1) is 22.6. The number of aliphatic hydroxyl groups is 1. The summed E-state index contributed by atoms with van der Waals surface area (Å²) >= 11 is 0. The number of ether oxygens (including phenoxy) is 6. The zero-order valence-corrected chi connectivity index (χ0v) is 20.9. The molecule has 7 nitrogen and oxygen atoms in total. The van der Waals surface area contributed by atoms with Crippen molar-refractivity contribution in [3.8, 4) is 0 Å². The van der Waals surface area contributed by atoms with Crippen LogP contribution in [0.5, 0.6) is 0 Å². The van der Waals surface area contributed by atoms with E-state index in [0.29, 0.717) is 30.8 Å². The van der Waals surface area contributed by atoms with Crippen LogP contribution in [0, 0.1) is 28.6 Å². The summed E-state index contributed by atoms with van der Waals surface area (Å²) in [5.41, 5.74) is 1.78. The molecule has 2 saturated carbocycles. The zero-order chi connectivity index (χ0) is 23.5. The van der Waals surface area contributed by atoms with Crippen molar-refractivity contribution >= 4 is 0 Å². The molecule has 0 aromatic carbocycles. The average molecular weight is 477 g/mol. The lowest BCUT2D eigenvalue weighted by atomic mass is 9.48. The second-order valence-corrected chi connectivity index (χ2v) is 12.5. The van der Waals surface area contributed by atoms with E-state index in [1.165, 1.54) is 6.42 Å². The molecule has 7 heteroatoms. The molecule has 0 aromatic heterocycles. The molecule has 3 aliphatic carbocycles. The van der Waals surface area contributed by atoms with E-state index < -0.39 is 11.9 Å². The van der Waals surface area contributed by atoms with Gasteiger partial charge >= 0.3 is 0 Å². The zero-order valence-electron chi connectivity index (χ0n) is 20.9. The van der Waals surface area contributed by atoms with Gasteiger partial charge in [0, 0.05) is 30.8 Å². The molecule has 13 atom stereocenters. The van der Waals surface area contributed by atoms with E-state index in [1.54, 1.807) is 12.7 Å². The fourth-order valence-electron chi connectivity index (χ4n) is 9.24. The van der Waals surface area contributed by atoms with Gasteiger partial charge in [-0.25, -0.2) is 0 Å². The summed E-state index contributed by atoms with van der Waals surface area (Å²) in [5, 5.41) is 10.3. The number of allylic oxidation sites excluding steroid dienone is 1. The summed E-state index contributed by atoms with van der Waals surface area (Å²) in [7, 11) is 1.65. The van der Waals surface area contributed by atoms with Crippen molar-refractivity contribution in [3.63, 3.8) is 0 Å². The Bertz CT molecular complexity index is 861.